The normalized spacial score (nSPS) is 11.2. The molecule has 0 unspecified atom stereocenters. The fourth-order valence-corrected chi connectivity index (χ4v) is 3.17. The topological polar surface area (TPSA) is 73.3 Å². The predicted octanol–water partition coefficient (Wildman–Crippen LogP) is 3.27. The molecule has 5 heteroatoms. The van der Waals surface area contributed by atoms with Gasteiger partial charge in [0.05, 0.1) is 27.9 Å². The van der Waals surface area contributed by atoms with Gasteiger partial charge in [0.1, 0.15) is 5.82 Å². The Hall–Kier alpha value is -3.21. The summed E-state index contributed by atoms with van der Waals surface area (Å²) in [5.41, 5.74) is 11.5. The number of amides is 1. The maximum atomic E-state index is 11.5. The van der Waals surface area contributed by atoms with E-state index in [9.17, 15) is 4.79 Å². The van der Waals surface area contributed by atoms with Gasteiger partial charge < -0.3 is 5.73 Å². The van der Waals surface area contributed by atoms with Gasteiger partial charge in [-0.2, -0.15) is 0 Å². The van der Waals surface area contributed by atoms with Crippen LogP contribution in [-0.4, -0.2) is 20.3 Å². The number of primary amides is 1. The first-order chi connectivity index (χ1) is 11.6. The van der Waals surface area contributed by atoms with Gasteiger partial charge in [-0.15, -0.1) is 0 Å². The number of carbonyl (C=O) groups is 1. The standard InChI is InChI=1S/C19H16N4O/c1-11-17-12(2)22-19(14-7-5-6-13(10-14)18(20)24)23(17)16-9-4-3-8-15(16)21-11/h3-10H,1-2H3,(H2,20,24). The number of rotatable bonds is 2. The van der Waals surface area contributed by atoms with Gasteiger partial charge in [0.25, 0.3) is 0 Å². The van der Waals surface area contributed by atoms with Crippen molar-refractivity contribution in [2.75, 3.05) is 0 Å². The molecule has 0 spiro atoms. The van der Waals surface area contributed by atoms with Crippen LogP contribution in [0.5, 0.6) is 0 Å². The van der Waals surface area contributed by atoms with Crippen LogP contribution in [0.3, 0.4) is 0 Å². The van der Waals surface area contributed by atoms with Crippen LogP contribution in [0.15, 0.2) is 48.5 Å². The minimum absolute atomic E-state index is 0.447. The van der Waals surface area contributed by atoms with Crippen LogP contribution in [0.1, 0.15) is 21.7 Å². The number of aromatic nitrogens is 3. The van der Waals surface area contributed by atoms with Crippen molar-refractivity contribution in [2.24, 2.45) is 5.73 Å². The monoisotopic (exact) mass is 316 g/mol. The lowest BCUT2D eigenvalue weighted by Crippen LogP contribution is -2.10. The highest BCUT2D eigenvalue weighted by molar-refractivity contribution is 5.94. The summed E-state index contributed by atoms with van der Waals surface area (Å²) in [6.07, 6.45) is 0. The minimum Gasteiger partial charge on any atom is -0.366 e. The molecule has 0 aliphatic heterocycles. The summed E-state index contributed by atoms with van der Waals surface area (Å²) < 4.78 is 2.10. The zero-order valence-electron chi connectivity index (χ0n) is 13.4. The molecular weight excluding hydrogens is 300 g/mol. The van der Waals surface area contributed by atoms with Crippen LogP contribution >= 0.6 is 0 Å². The van der Waals surface area contributed by atoms with E-state index in [2.05, 4.69) is 9.38 Å². The van der Waals surface area contributed by atoms with Gasteiger partial charge in [0, 0.05) is 11.1 Å². The van der Waals surface area contributed by atoms with Gasteiger partial charge in [-0.1, -0.05) is 24.3 Å². The smallest absolute Gasteiger partial charge is 0.248 e. The Labute approximate surface area is 138 Å². The number of fused-ring (bicyclic) bond motifs is 3. The van der Waals surface area contributed by atoms with E-state index in [1.54, 1.807) is 12.1 Å². The molecule has 5 nitrogen and oxygen atoms in total. The molecule has 118 valence electrons. The van der Waals surface area contributed by atoms with Gasteiger partial charge in [-0.05, 0) is 38.1 Å². The number of aryl methyl sites for hydroxylation is 2. The quantitative estimate of drug-likeness (QED) is 0.617. The molecule has 1 amide bonds. The van der Waals surface area contributed by atoms with Crippen molar-refractivity contribution < 1.29 is 4.79 Å². The Balaban J connectivity index is 2.13. The van der Waals surface area contributed by atoms with Gasteiger partial charge >= 0.3 is 0 Å². The van der Waals surface area contributed by atoms with Crippen LogP contribution in [0, 0.1) is 13.8 Å². The van der Waals surface area contributed by atoms with E-state index in [0.29, 0.717) is 5.56 Å². The summed E-state index contributed by atoms with van der Waals surface area (Å²) in [6, 6.07) is 15.2. The molecule has 0 bridgehead atoms. The van der Waals surface area contributed by atoms with Crippen molar-refractivity contribution in [1.29, 1.82) is 0 Å². The molecule has 4 rings (SSSR count). The molecule has 2 aromatic carbocycles. The number of carbonyl (C=O) groups excluding carboxylic acids is 1. The van der Waals surface area contributed by atoms with Crippen molar-refractivity contribution in [3.05, 3.63) is 65.5 Å². The Kier molecular flexibility index (Phi) is 3.09. The fourth-order valence-electron chi connectivity index (χ4n) is 3.17. The molecule has 2 N–H and O–H groups in total. The van der Waals surface area contributed by atoms with E-state index in [1.165, 1.54) is 0 Å². The SMILES string of the molecule is Cc1nc(-c2cccc(C(N)=O)c2)n2c1c(C)nc1ccccc12. The van der Waals surface area contributed by atoms with Crippen molar-refractivity contribution in [2.45, 2.75) is 13.8 Å². The van der Waals surface area contributed by atoms with Crippen molar-refractivity contribution in [3.8, 4) is 11.4 Å². The van der Waals surface area contributed by atoms with Crippen LogP contribution in [0.25, 0.3) is 27.9 Å². The summed E-state index contributed by atoms with van der Waals surface area (Å²) in [5.74, 6) is 0.337. The average Bonchev–Trinajstić information content (AvgIpc) is 2.93. The lowest BCUT2D eigenvalue weighted by molar-refractivity contribution is 0.100. The van der Waals surface area contributed by atoms with Crippen LogP contribution in [0.4, 0.5) is 0 Å². The van der Waals surface area contributed by atoms with E-state index in [-0.39, 0.29) is 0 Å². The van der Waals surface area contributed by atoms with E-state index >= 15 is 0 Å². The van der Waals surface area contributed by atoms with Crippen molar-refractivity contribution in [3.63, 3.8) is 0 Å². The highest BCUT2D eigenvalue weighted by Crippen LogP contribution is 2.28. The number of benzene rings is 2. The maximum absolute atomic E-state index is 11.5. The molecule has 0 fully saturated rings. The molecule has 2 heterocycles. The number of nitrogens with zero attached hydrogens (tertiary/aromatic N) is 3. The number of para-hydroxylation sites is 2. The largest absolute Gasteiger partial charge is 0.366 e. The molecule has 0 aliphatic carbocycles. The highest BCUT2D eigenvalue weighted by Gasteiger charge is 2.16. The highest BCUT2D eigenvalue weighted by atomic mass is 16.1. The van der Waals surface area contributed by atoms with Crippen LogP contribution in [-0.2, 0) is 0 Å². The summed E-state index contributed by atoms with van der Waals surface area (Å²) >= 11 is 0. The summed E-state index contributed by atoms with van der Waals surface area (Å²) in [4.78, 5) is 20.9. The lowest BCUT2D eigenvalue weighted by Gasteiger charge is -2.08. The van der Waals surface area contributed by atoms with Crippen molar-refractivity contribution in [1.82, 2.24) is 14.4 Å². The molecule has 0 saturated heterocycles. The Morgan fingerprint density at radius 3 is 2.54 bits per heavy atom. The fraction of sp³-hybridized carbons (Fsp3) is 0.105. The first-order valence-electron chi connectivity index (χ1n) is 7.71. The first-order valence-corrected chi connectivity index (χ1v) is 7.71. The third-order valence-electron chi connectivity index (χ3n) is 4.21. The van der Waals surface area contributed by atoms with Gasteiger partial charge in [0.2, 0.25) is 5.91 Å². The lowest BCUT2D eigenvalue weighted by atomic mass is 10.1. The van der Waals surface area contributed by atoms with E-state index in [4.69, 9.17) is 10.7 Å². The van der Waals surface area contributed by atoms with Gasteiger partial charge in [-0.3, -0.25) is 9.20 Å². The average molecular weight is 316 g/mol. The maximum Gasteiger partial charge on any atom is 0.248 e. The first kappa shape index (κ1) is 14.4. The molecule has 0 saturated carbocycles. The molecule has 0 aliphatic rings. The van der Waals surface area contributed by atoms with E-state index in [0.717, 1.165) is 39.3 Å². The number of imidazole rings is 1. The molecular formula is C19H16N4O. The summed E-state index contributed by atoms with van der Waals surface area (Å²) in [7, 11) is 0. The van der Waals surface area contributed by atoms with E-state index < -0.39 is 5.91 Å². The number of hydrogen-bond donors (Lipinski definition) is 1. The Morgan fingerprint density at radius 2 is 1.75 bits per heavy atom. The summed E-state index contributed by atoms with van der Waals surface area (Å²) in [6.45, 7) is 3.96. The van der Waals surface area contributed by atoms with Crippen molar-refractivity contribution >= 4 is 22.5 Å². The molecule has 24 heavy (non-hydrogen) atoms. The van der Waals surface area contributed by atoms with Crippen LogP contribution < -0.4 is 5.73 Å². The molecule has 4 aromatic rings. The zero-order valence-corrected chi connectivity index (χ0v) is 13.4. The van der Waals surface area contributed by atoms with Gasteiger partial charge in [-0.25, -0.2) is 9.97 Å². The minimum atomic E-state index is -0.447. The zero-order chi connectivity index (χ0) is 16.8. The predicted molar refractivity (Wildman–Crippen MR) is 93.9 cm³/mol. The molecule has 0 atom stereocenters. The van der Waals surface area contributed by atoms with Crippen LogP contribution in [0.2, 0.25) is 0 Å². The van der Waals surface area contributed by atoms with Gasteiger partial charge in [0.15, 0.2) is 0 Å². The van der Waals surface area contributed by atoms with E-state index in [1.807, 2.05) is 50.2 Å². The Morgan fingerprint density at radius 1 is 1.00 bits per heavy atom. The second kappa shape index (κ2) is 5.16. The number of hydrogen-bond acceptors (Lipinski definition) is 3. The molecule has 0 radical (unpaired) electrons. The third kappa shape index (κ3) is 2.06. The second-order valence-electron chi connectivity index (χ2n) is 5.84. The summed E-state index contributed by atoms with van der Waals surface area (Å²) in [5, 5.41) is 0. The molecule has 2 aromatic heterocycles. The third-order valence-corrected chi connectivity index (χ3v) is 4.21. The Bertz CT molecular complexity index is 1110. The second-order valence-corrected chi connectivity index (χ2v) is 5.84. The number of nitrogens with two attached hydrogens (primary N) is 1.